The van der Waals surface area contributed by atoms with Gasteiger partial charge in [0.15, 0.2) is 0 Å². The van der Waals surface area contributed by atoms with Gasteiger partial charge in [0.2, 0.25) is 0 Å². The number of nitrogens with zero attached hydrogens (tertiary/aromatic N) is 6. The van der Waals surface area contributed by atoms with Crippen LogP contribution in [0.2, 0.25) is 0 Å². The van der Waals surface area contributed by atoms with E-state index in [-0.39, 0.29) is 0 Å². The van der Waals surface area contributed by atoms with Gasteiger partial charge >= 0.3 is 0 Å². The van der Waals surface area contributed by atoms with Crippen molar-refractivity contribution in [3.05, 3.63) is 229 Å². The van der Waals surface area contributed by atoms with Crippen molar-refractivity contribution in [3.8, 4) is 56.7 Å². The van der Waals surface area contributed by atoms with Gasteiger partial charge in [0.05, 0.1) is 44.8 Å². The minimum atomic E-state index is -0.657. The largest absolute Gasteiger partial charge is 0.292 e. The summed E-state index contributed by atoms with van der Waals surface area (Å²) in [6, 6.07) is 69.7. The molecular formula is C60H40N6. The molecule has 4 heterocycles. The average molecular weight is 845 g/mol. The van der Waals surface area contributed by atoms with E-state index in [0.717, 1.165) is 89.2 Å². The van der Waals surface area contributed by atoms with Gasteiger partial charge in [-0.05, 0) is 81.6 Å². The van der Waals surface area contributed by atoms with Gasteiger partial charge in [0, 0.05) is 56.2 Å². The highest BCUT2D eigenvalue weighted by molar-refractivity contribution is 6.10. The Balaban J connectivity index is 1.12. The van der Waals surface area contributed by atoms with Crippen LogP contribution < -0.4 is 0 Å². The number of hydrogen-bond acceptors (Lipinski definition) is 4. The van der Waals surface area contributed by atoms with Gasteiger partial charge < -0.3 is 0 Å². The zero-order valence-electron chi connectivity index (χ0n) is 36.3. The SMILES string of the molecule is CC1(C2(C)c3cccnc3-c3c2cc(-n2c(-c4ccccc4)nc4ccccc42)c2ccccc32)c2cccnc2-c2c1cc(-n1c(-c3ccccc3)nc3ccccc31)c1ccccc21. The van der Waals surface area contributed by atoms with Crippen molar-refractivity contribution in [1.82, 2.24) is 29.1 Å². The summed E-state index contributed by atoms with van der Waals surface area (Å²) in [5.41, 5.74) is 16.2. The van der Waals surface area contributed by atoms with Gasteiger partial charge in [-0.2, -0.15) is 0 Å². The highest BCUT2D eigenvalue weighted by Crippen LogP contribution is 2.66. The molecule has 14 rings (SSSR count). The van der Waals surface area contributed by atoms with Crippen LogP contribution in [0.3, 0.4) is 0 Å². The molecule has 2 aliphatic carbocycles. The van der Waals surface area contributed by atoms with Crippen LogP contribution in [-0.2, 0) is 10.8 Å². The summed E-state index contributed by atoms with van der Waals surface area (Å²) in [6.45, 7) is 4.93. The summed E-state index contributed by atoms with van der Waals surface area (Å²) < 4.78 is 4.76. The molecule has 0 saturated carbocycles. The van der Waals surface area contributed by atoms with Crippen LogP contribution in [0.25, 0.3) is 100 Å². The first-order valence-corrected chi connectivity index (χ1v) is 22.6. The van der Waals surface area contributed by atoms with E-state index in [1.165, 1.54) is 33.4 Å². The Hall–Kier alpha value is -8.48. The molecule has 2 aliphatic rings. The lowest BCUT2D eigenvalue weighted by molar-refractivity contribution is 0.375. The van der Waals surface area contributed by atoms with E-state index in [1.54, 1.807) is 0 Å². The maximum Gasteiger partial charge on any atom is 0.145 e. The van der Waals surface area contributed by atoms with E-state index in [2.05, 4.69) is 217 Å². The van der Waals surface area contributed by atoms with Crippen LogP contribution in [0.15, 0.2) is 207 Å². The Morgan fingerprint density at radius 2 is 0.742 bits per heavy atom. The molecule has 66 heavy (non-hydrogen) atoms. The molecule has 0 aliphatic heterocycles. The smallest absolute Gasteiger partial charge is 0.145 e. The van der Waals surface area contributed by atoms with Gasteiger partial charge in [0.1, 0.15) is 11.6 Å². The molecule has 0 saturated heterocycles. The highest BCUT2D eigenvalue weighted by atomic mass is 15.1. The Morgan fingerprint density at radius 1 is 0.364 bits per heavy atom. The van der Waals surface area contributed by atoms with Gasteiger partial charge in [-0.1, -0.05) is 159 Å². The molecule has 0 spiro atoms. The third-order valence-corrected chi connectivity index (χ3v) is 15.0. The standard InChI is InChI=1S/C60H40N6/c1-59(43-27-17-33-61-55(43)53-41-25-11-9-23-39(41)51(35-45(53)59)65-49-31-15-13-29-47(49)63-57(65)37-19-5-3-6-20-37)60(2)44-28-18-34-62-56(44)54-42-26-12-10-24-40(42)52(36-46(54)60)66-50-32-16-14-30-48(50)64-58(66)38-21-7-4-8-22-38/h3-36H,1-2H3. The molecule has 6 nitrogen and oxygen atoms in total. The number of fused-ring (bicyclic) bond motifs is 12. The van der Waals surface area contributed by atoms with E-state index >= 15 is 0 Å². The van der Waals surface area contributed by atoms with Gasteiger partial charge in [-0.15, -0.1) is 0 Å². The fourth-order valence-corrected chi connectivity index (χ4v) is 11.9. The first-order valence-electron chi connectivity index (χ1n) is 22.6. The first kappa shape index (κ1) is 36.9. The minimum absolute atomic E-state index is 0.657. The van der Waals surface area contributed by atoms with Gasteiger partial charge in [0.25, 0.3) is 0 Å². The molecule has 0 bridgehead atoms. The summed E-state index contributed by atoms with van der Waals surface area (Å²) in [5, 5.41) is 4.61. The Bertz CT molecular complexity index is 3720. The number of pyridine rings is 2. The fourth-order valence-electron chi connectivity index (χ4n) is 11.9. The van der Waals surface area contributed by atoms with Crippen LogP contribution in [0.4, 0.5) is 0 Å². The van der Waals surface area contributed by atoms with Crippen LogP contribution in [0, 0.1) is 0 Å². The van der Waals surface area contributed by atoms with Gasteiger partial charge in [-0.25, -0.2) is 9.97 Å². The normalized spacial score (nSPS) is 17.1. The van der Waals surface area contributed by atoms with Crippen molar-refractivity contribution in [1.29, 1.82) is 0 Å². The van der Waals surface area contributed by atoms with Crippen molar-refractivity contribution in [3.63, 3.8) is 0 Å². The summed E-state index contributed by atoms with van der Waals surface area (Å²) in [7, 11) is 0. The predicted octanol–water partition coefficient (Wildman–Crippen LogP) is 14.1. The second-order valence-electron chi connectivity index (χ2n) is 18.0. The zero-order valence-corrected chi connectivity index (χ0v) is 36.3. The number of hydrogen-bond donors (Lipinski definition) is 0. The van der Waals surface area contributed by atoms with E-state index in [0.29, 0.717) is 0 Å². The molecule has 2 unspecified atom stereocenters. The molecule has 8 aromatic carbocycles. The molecule has 310 valence electrons. The molecule has 4 aromatic heterocycles. The quantitative estimate of drug-likeness (QED) is 0.173. The van der Waals surface area contributed by atoms with E-state index in [9.17, 15) is 0 Å². The number of imidazole rings is 2. The fraction of sp³-hybridized carbons (Fsp3) is 0.0667. The molecule has 12 aromatic rings. The Kier molecular flexibility index (Phi) is 7.57. The molecule has 0 N–H and O–H groups in total. The second kappa shape index (κ2) is 13.5. The Morgan fingerprint density at radius 3 is 1.18 bits per heavy atom. The molecule has 2 atom stereocenters. The van der Waals surface area contributed by atoms with Gasteiger partial charge in [-0.3, -0.25) is 19.1 Å². The third kappa shape index (κ3) is 4.74. The first-order chi connectivity index (χ1) is 32.5. The molecule has 0 fully saturated rings. The predicted molar refractivity (Wildman–Crippen MR) is 267 cm³/mol. The maximum atomic E-state index is 5.33. The van der Waals surface area contributed by atoms with Crippen molar-refractivity contribution >= 4 is 43.6 Å². The number of aromatic nitrogens is 6. The monoisotopic (exact) mass is 844 g/mol. The zero-order chi connectivity index (χ0) is 43.7. The lowest BCUT2D eigenvalue weighted by Crippen LogP contribution is -2.44. The highest BCUT2D eigenvalue weighted by Gasteiger charge is 2.59. The van der Waals surface area contributed by atoms with E-state index in [1.807, 2.05) is 12.4 Å². The van der Waals surface area contributed by atoms with Crippen LogP contribution in [-0.4, -0.2) is 29.1 Å². The third-order valence-electron chi connectivity index (χ3n) is 15.0. The summed E-state index contributed by atoms with van der Waals surface area (Å²) >= 11 is 0. The molecule has 6 heteroatoms. The lowest BCUT2D eigenvalue weighted by Gasteiger charge is -2.45. The van der Waals surface area contributed by atoms with Crippen molar-refractivity contribution in [2.45, 2.75) is 24.7 Å². The summed E-state index contributed by atoms with van der Waals surface area (Å²) in [4.78, 5) is 21.3. The Labute approximate surface area is 381 Å². The minimum Gasteiger partial charge on any atom is -0.292 e. The maximum absolute atomic E-state index is 5.33. The average Bonchev–Trinajstić information content (AvgIpc) is 4.11. The number of para-hydroxylation sites is 4. The number of rotatable bonds is 5. The van der Waals surface area contributed by atoms with Crippen LogP contribution >= 0.6 is 0 Å². The summed E-state index contributed by atoms with van der Waals surface area (Å²) in [5.74, 6) is 1.81. The van der Waals surface area contributed by atoms with Crippen molar-refractivity contribution < 1.29 is 0 Å². The van der Waals surface area contributed by atoms with E-state index < -0.39 is 10.8 Å². The molecule has 0 radical (unpaired) electrons. The second-order valence-corrected chi connectivity index (χ2v) is 18.0. The summed E-state index contributed by atoms with van der Waals surface area (Å²) in [6.07, 6.45) is 3.91. The number of benzene rings is 8. The van der Waals surface area contributed by atoms with E-state index in [4.69, 9.17) is 19.9 Å². The topological polar surface area (TPSA) is 61.4 Å². The lowest BCUT2D eigenvalue weighted by atomic mass is 9.56. The van der Waals surface area contributed by atoms with Crippen molar-refractivity contribution in [2.75, 3.05) is 0 Å². The molecule has 0 amide bonds. The molecular weight excluding hydrogens is 805 g/mol. The van der Waals surface area contributed by atoms with Crippen molar-refractivity contribution in [2.24, 2.45) is 0 Å². The van der Waals surface area contributed by atoms with Crippen LogP contribution in [0.1, 0.15) is 36.1 Å². The van der Waals surface area contributed by atoms with Crippen LogP contribution in [0.5, 0.6) is 0 Å².